The number of hydrogen-bond acceptors (Lipinski definition) is 4. The molecule has 0 bridgehead atoms. The minimum Gasteiger partial charge on any atom is -0.497 e. The van der Waals surface area contributed by atoms with Gasteiger partial charge in [0.1, 0.15) is 11.5 Å². The number of nitrogens with zero attached hydrogens (tertiary/aromatic N) is 1. The molecule has 0 unspecified atom stereocenters. The molecule has 0 spiro atoms. The van der Waals surface area contributed by atoms with Crippen LogP contribution in [-0.4, -0.2) is 44.2 Å². The third kappa shape index (κ3) is 11.7. The molecule has 3 rings (SSSR count). The zero-order chi connectivity index (χ0) is 22.9. The lowest BCUT2D eigenvalue weighted by Gasteiger charge is -2.13. The van der Waals surface area contributed by atoms with Crippen LogP contribution in [0.3, 0.4) is 0 Å². The Morgan fingerprint density at radius 3 is 2.13 bits per heavy atom. The van der Waals surface area contributed by atoms with E-state index in [2.05, 4.69) is 29.9 Å². The smallest absolute Gasteiger partial charge is 0.220 e. The molecule has 0 aromatic heterocycles. The molecule has 2 N–H and O–H groups in total. The number of benzene rings is 2. The molecule has 1 amide bonds. The first-order valence-corrected chi connectivity index (χ1v) is 10.7. The van der Waals surface area contributed by atoms with E-state index >= 15 is 0 Å². The van der Waals surface area contributed by atoms with E-state index in [1.165, 1.54) is 56.4 Å². The largest absolute Gasteiger partial charge is 0.497 e. The molecule has 1 fully saturated rings. The van der Waals surface area contributed by atoms with Crippen LogP contribution in [0.5, 0.6) is 11.5 Å². The zero-order valence-electron chi connectivity index (χ0n) is 18.9. The Balaban J connectivity index is 0.000000293. The second kappa shape index (κ2) is 15.8. The number of carbonyl (C=O) groups excluding carboxylic acids is 1. The fourth-order valence-electron chi connectivity index (χ4n) is 3.21. The van der Waals surface area contributed by atoms with E-state index in [1.807, 2.05) is 43.3 Å². The van der Waals surface area contributed by atoms with Crippen molar-refractivity contribution in [3.63, 3.8) is 0 Å². The van der Waals surface area contributed by atoms with Gasteiger partial charge >= 0.3 is 0 Å². The van der Waals surface area contributed by atoms with Crippen molar-refractivity contribution in [3.05, 3.63) is 59.7 Å². The molecule has 1 aliphatic heterocycles. The minimum absolute atomic E-state index is 0.258. The second-order valence-electron chi connectivity index (χ2n) is 7.38. The van der Waals surface area contributed by atoms with Gasteiger partial charge in [-0.25, -0.2) is 0 Å². The molecule has 5 heteroatoms. The Hall–Kier alpha value is -2.97. The highest BCUT2D eigenvalue weighted by Gasteiger charge is 2.10. The van der Waals surface area contributed by atoms with Crippen LogP contribution in [0.1, 0.15) is 36.8 Å². The van der Waals surface area contributed by atoms with Gasteiger partial charge in [-0.3, -0.25) is 4.79 Å². The standard InChI is InChI=1S/C14H21NO.C10H13NO2.C2H2/c1-16-14-8-6-13(7-9-14)5-4-12-15-10-2-3-11-15;1-8-2-4-9(5-3-8)13-7-6-10(11)12;1-2/h6-9H,2-5,10-12H2,1H3;2-5H,6-7H2,1H3,(H2,11,12);1-2H. The lowest BCUT2D eigenvalue weighted by Crippen LogP contribution is -2.20. The van der Waals surface area contributed by atoms with Crippen molar-refractivity contribution >= 4 is 5.91 Å². The van der Waals surface area contributed by atoms with Crippen LogP contribution in [0, 0.1) is 19.8 Å². The number of aryl methyl sites for hydroxylation is 2. The summed E-state index contributed by atoms with van der Waals surface area (Å²) in [7, 11) is 1.71. The van der Waals surface area contributed by atoms with Crippen molar-refractivity contribution < 1.29 is 14.3 Å². The van der Waals surface area contributed by atoms with Gasteiger partial charge < -0.3 is 20.1 Å². The van der Waals surface area contributed by atoms with Crippen LogP contribution in [0.2, 0.25) is 0 Å². The number of nitrogens with two attached hydrogens (primary N) is 1. The molecule has 5 nitrogen and oxygen atoms in total. The highest BCUT2D eigenvalue weighted by Crippen LogP contribution is 2.14. The summed E-state index contributed by atoms with van der Waals surface area (Å²) in [6.45, 7) is 6.23. The first kappa shape index (κ1) is 26.1. The predicted octanol–water partition coefficient (Wildman–Crippen LogP) is 4.22. The molecule has 168 valence electrons. The van der Waals surface area contributed by atoms with Gasteiger partial charge in [-0.05, 0) is 82.1 Å². The van der Waals surface area contributed by atoms with Crippen LogP contribution in [0.15, 0.2) is 48.5 Å². The minimum atomic E-state index is -0.341. The summed E-state index contributed by atoms with van der Waals surface area (Å²) in [4.78, 5) is 13.0. The van der Waals surface area contributed by atoms with Crippen LogP contribution < -0.4 is 15.2 Å². The van der Waals surface area contributed by atoms with Crippen LogP contribution in [0.25, 0.3) is 0 Å². The number of methoxy groups -OCH3 is 1. The average molecular weight is 425 g/mol. The van der Waals surface area contributed by atoms with E-state index in [1.54, 1.807) is 7.11 Å². The summed E-state index contributed by atoms with van der Waals surface area (Å²) < 4.78 is 10.4. The van der Waals surface area contributed by atoms with E-state index < -0.39 is 0 Å². The van der Waals surface area contributed by atoms with Crippen molar-refractivity contribution in [2.45, 2.75) is 39.0 Å². The van der Waals surface area contributed by atoms with Gasteiger partial charge in [-0.2, -0.15) is 0 Å². The van der Waals surface area contributed by atoms with E-state index in [9.17, 15) is 4.79 Å². The molecular formula is C26H36N2O3. The Labute approximate surface area is 187 Å². The van der Waals surface area contributed by atoms with E-state index in [-0.39, 0.29) is 12.3 Å². The molecule has 0 aliphatic carbocycles. The normalized spacial score (nSPS) is 12.6. The van der Waals surface area contributed by atoms with Gasteiger partial charge in [0.05, 0.1) is 20.1 Å². The zero-order valence-corrected chi connectivity index (χ0v) is 18.9. The number of hydrogen-bond donors (Lipinski definition) is 1. The second-order valence-corrected chi connectivity index (χ2v) is 7.38. The molecule has 1 aliphatic rings. The Kier molecular flexibility index (Phi) is 13.3. The van der Waals surface area contributed by atoms with Crippen molar-refractivity contribution in [2.75, 3.05) is 33.4 Å². The Bertz CT molecular complexity index is 748. The molecule has 2 aromatic carbocycles. The first-order chi connectivity index (χ1) is 15.1. The third-order valence-electron chi connectivity index (χ3n) is 4.94. The monoisotopic (exact) mass is 424 g/mol. The molecule has 0 radical (unpaired) electrons. The molecule has 1 heterocycles. The van der Waals surface area contributed by atoms with Crippen LogP contribution in [0.4, 0.5) is 0 Å². The number of rotatable bonds is 9. The third-order valence-corrected chi connectivity index (χ3v) is 4.94. The molecular weight excluding hydrogens is 388 g/mol. The topological polar surface area (TPSA) is 64.8 Å². The Morgan fingerprint density at radius 2 is 1.58 bits per heavy atom. The number of terminal acetylenes is 1. The number of likely N-dealkylation sites (tertiary alicyclic amines) is 1. The number of primary amides is 1. The SMILES string of the molecule is C#C.COc1ccc(CCCN2CCCC2)cc1.Cc1ccc(OCCC(N)=O)cc1. The van der Waals surface area contributed by atoms with E-state index in [4.69, 9.17) is 15.2 Å². The van der Waals surface area contributed by atoms with Gasteiger partial charge in [0.2, 0.25) is 5.91 Å². The van der Waals surface area contributed by atoms with Gasteiger partial charge in [-0.15, -0.1) is 12.8 Å². The summed E-state index contributed by atoms with van der Waals surface area (Å²) >= 11 is 0. The fraction of sp³-hybridized carbons (Fsp3) is 0.423. The quantitative estimate of drug-likeness (QED) is 0.612. The summed E-state index contributed by atoms with van der Waals surface area (Å²) in [5, 5.41) is 0. The first-order valence-electron chi connectivity index (χ1n) is 10.7. The van der Waals surface area contributed by atoms with Crippen molar-refractivity contribution in [1.82, 2.24) is 4.90 Å². The number of amides is 1. The number of ether oxygens (including phenoxy) is 2. The van der Waals surface area contributed by atoms with Gasteiger partial charge in [-0.1, -0.05) is 29.8 Å². The lowest BCUT2D eigenvalue weighted by atomic mass is 10.1. The highest BCUT2D eigenvalue weighted by molar-refractivity contribution is 5.73. The average Bonchev–Trinajstić information content (AvgIpc) is 3.31. The summed E-state index contributed by atoms with van der Waals surface area (Å²) in [5.41, 5.74) is 7.56. The van der Waals surface area contributed by atoms with Gasteiger partial charge in [0.25, 0.3) is 0 Å². The van der Waals surface area contributed by atoms with Crippen molar-refractivity contribution in [3.8, 4) is 24.3 Å². The number of carbonyl (C=O) groups is 1. The maximum absolute atomic E-state index is 10.4. The van der Waals surface area contributed by atoms with Gasteiger partial charge in [0, 0.05) is 0 Å². The van der Waals surface area contributed by atoms with Crippen molar-refractivity contribution in [2.24, 2.45) is 5.73 Å². The van der Waals surface area contributed by atoms with Crippen LogP contribution >= 0.6 is 0 Å². The summed E-state index contributed by atoms with van der Waals surface area (Å²) in [6, 6.07) is 16.1. The molecule has 1 saturated heterocycles. The van der Waals surface area contributed by atoms with E-state index in [0.29, 0.717) is 6.61 Å². The Morgan fingerprint density at radius 1 is 1.00 bits per heavy atom. The summed E-state index contributed by atoms with van der Waals surface area (Å²) in [5.74, 6) is 1.38. The maximum atomic E-state index is 10.4. The lowest BCUT2D eigenvalue weighted by molar-refractivity contribution is -0.118. The predicted molar refractivity (Wildman–Crippen MR) is 127 cm³/mol. The molecule has 31 heavy (non-hydrogen) atoms. The molecule has 0 saturated carbocycles. The maximum Gasteiger partial charge on any atom is 0.220 e. The molecule has 2 aromatic rings. The van der Waals surface area contributed by atoms with Crippen LogP contribution in [-0.2, 0) is 11.2 Å². The van der Waals surface area contributed by atoms with Crippen molar-refractivity contribution in [1.29, 1.82) is 0 Å². The fourth-order valence-corrected chi connectivity index (χ4v) is 3.21. The van der Waals surface area contributed by atoms with Gasteiger partial charge in [0.15, 0.2) is 0 Å². The highest BCUT2D eigenvalue weighted by atomic mass is 16.5. The van der Waals surface area contributed by atoms with E-state index in [0.717, 1.165) is 11.5 Å². The summed E-state index contributed by atoms with van der Waals surface area (Å²) in [6.07, 6.45) is 13.5. The molecule has 0 atom stereocenters.